The lowest BCUT2D eigenvalue weighted by molar-refractivity contribution is 0.0924. The molecule has 0 unspecified atom stereocenters. The molecule has 2 amide bonds. The molecule has 0 aliphatic rings. The molecule has 4 aromatic rings. The van der Waals surface area contributed by atoms with Crippen molar-refractivity contribution >= 4 is 11.8 Å². The summed E-state index contributed by atoms with van der Waals surface area (Å²) in [6, 6.07) is 29.8. The number of methoxy groups -OCH3 is 2. The predicted octanol–water partition coefficient (Wildman–Crippen LogP) is 4.24. The van der Waals surface area contributed by atoms with E-state index in [1.807, 2.05) is 72.8 Å². The van der Waals surface area contributed by atoms with Crippen LogP contribution in [0, 0.1) is 0 Å². The summed E-state index contributed by atoms with van der Waals surface area (Å²) in [5.41, 5.74) is 16.2. The fourth-order valence-electron chi connectivity index (χ4n) is 3.79. The van der Waals surface area contributed by atoms with Crippen molar-refractivity contribution in [3.05, 3.63) is 119 Å². The maximum Gasteiger partial charge on any atom is 0.265 e. The summed E-state index contributed by atoms with van der Waals surface area (Å²) in [7, 11) is 3.24. The van der Waals surface area contributed by atoms with Gasteiger partial charge in [0.25, 0.3) is 11.8 Å². The first-order valence-corrected chi connectivity index (χ1v) is 12.1. The minimum atomic E-state index is -0.229. The van der Waals surface area contributed by atoms with Crippen LogP contribution in [0.2, 0.25) is 0 Å². The molecular formula is C30H30N4O4. The standard InChI is InChI=1S/C30H30N4O4/c1-37-27-7-3-5-21(17-27)19-31-33-29(35)25-13-9-23(10-14-25)24-11-15-26(16-12-24)30(36)34-32-20-22-6-4-8-28(18-22)38-2/h3-18,31-32H,19-20H2,1-2H3,(H,33,35)(H,34,36). The summed E-state index contributed by atoms with van der Waals surface area (Å²) >= 11 is 0. The van der Waals surface area contributed by atoms with E-state index in [0.29, 0.717) is 24.2 Å². The highest BCUT2D eigenvalue weighted by molar-refractivity contribution is 5.95. The van der Waals surface area contributed by atoms with Gasteiger partial charge in [0.05, 0.1) is 14.2 Å². The number of rotatable bonds is 11. The zero-order chi connectivity index (χ0) is 26.7. The molecule has 194 valence electrons. The number of amides is 2. The van der Waals surface area contributed by atoms with Crippen LogP contribution in [-0.4, -0.2) is 26.0 Å². The monoisotopic (exact) mass is 510 g/mol. The third-order valence-electron chi connectivity index (χ3n) is 5.88. The lowest BCUT2D eigenvalue weighted by Gasteiger charge is -2.10. The summed E-state index contributed by atoms with van der Waals surface area (Å²) in [6.45, 7) is 0.939. The molecule has 0 aromatic heterocycles. The van der Waals surface area contributed by atoms with Gasteiger partial charge in [0.1, 0.15) is 11.5 Å². The smallest absolute Gasteiger partial charge is 0.265 e. The van der Waals surface area contributed by atoms with Gasteiger partial charge in [-0.25, -0.2) is 10.9 Å². The quantitative estimate of drug-likeness (QED) is 0.225. The summed E-state index contributed by atoms with van der Waals surface area (Å²) in [5, 5.41) is 0. The molecule has 0 aliphatic carbocycles. The minimum Gasteiger partial charge on any atom is -0.497 e. The first kappa shape index (κ1) is 26.4. The fourth-order valence-corrected chi connectivity index (χ4v) is 3.79. The molecule has 0 fully saturated rings. The normalized spacial score (nSPS) is 10.5. The highest BCUT2D eigenvalue weighted by Gasteiger charge is 2.08. The largest absolute Gasteiger partial charge is 0.497 e. The second-order valence-electron chi connectivity index (χ2n) is 8.47. The Labute approximate surface area is 221 Å². The van der Waals surface area contributed by atoms with Gasteiger partial charge in [-0.2, -0.15) is 0 Å². The van der Waals surface area contributed by atoms with Crippen LogP contribution in [0.4, 0.5) is 0 Å². The molecule has 8 nitrogen and oxygen atoms in total. The van der Waals surface area contributed by atoms with E-state index in [4.69, 9.17) is 9.47 Å². The van der Waals surface area contributed by atoms with Gasteiger partial charge in [-0.05, 0) is 70.8 Å². The molecule has 4 aromatic carbocycles. The van der Waals surface area contributed by atoms with Gasteiger partial charge >= 0.3 is 0 Å². The van der Waals surface area contributed by atoms with Gasteiger partial charge in [0, 0.05) is 24.2 Å². The molecule has 0 saturated carbocycles. The number of hydrazine groups is 2. The van der Waals surface area contributed by atoms with Crippen molar-refractivity contribution in [2.24, 2.45) is 0 Å². The summed E-state index contributed by atoms with van der Waals surface area (Å²) < 4.78 is 10.4. The third kappa shape index (κ3) is 7.19. The van der Waals surface area contributed by atoms with E-state index in [2.05, 4.69) is 21.7 Å². The molecule has 0 bridgehead atoms. The molecule has 0 atom stereocenters. The average Bonchev–Trinajstić information content (AvgIpc) is 2.97. The van der Waals surface area contributed by atoms with Crippen molar-refractivity contribution in [3.8, 4) is 22.6 Å². The van der Waals surface area contributed by atoms with Crippen molar-refractivity contribution in [1.29, 1.82) is 0 Å². The molecule has 38 heavy (non-hydrogen) atoms. The Morgan fingerprint density at radius 1 is 0.579 bits per heavy atom. The Kier molecular flexibility index (Phi) is 9.07. The second-order valence-corrected chi connectivity index (χ2v) is 8.47. The molecule has 8 heteroatoms. The fraction of sp³-hybridized carbons (Fsp3) is 0.133. The number of carbonyl (C=O) groups excluding carboxylic acids is 2. The highest BCUT2D eigenvalue weighted by atomic mass is 16.5. The molecule has 0 spiro atoms. The van der Waals surface area contributed by atoms with Crippen LogP contribution in [0.3, 0.4) is 0 Å². The topological polar surface area (TPSA) is 101 Å². The third-order valence-corrected chi connectivity index (χ3v) is 5.88. The number of nitrogens with one attached hydrogen (secondary N) is 4. The first-order valence-electron chi connectivity index (χ1n) is 12.1. The van der Waals surface area contributed by atoms with Crippen LogP contribution >= 0.6 is 0 Å². The van der Waals surface area contributed by atoms with Crippen LogP contribution in [0.5, 0.6) is 11.5 Å². The Morgan fingerprint density at radius 2 is 0.974 bits per heavy atom. The van der Waals surface area contributed by atoms with E-state index in [9.17, 15) is 9.59 Å². The Morgan fingerprint density at radius 3 is 1.34 bits per heavy atom. The van der Waals surface area contributed by atoms with Crippen LogP contribution in [0.25, 0.3) is 11.1 Å². The average molecular weight is 511 g/mol. The lowest BCUT2D eigenvalue weighted by atomic mass is 10.0. The lowest BCUT2D eigenvalue weighted by Crippen LogP contribution is -2.36. The minimum absolute atomic E-state index is 0.229. The number of carbonyl (C=O) groups is 2. The van der Waals surface area contributed by atoms with Gasteiger partial charge in [0.2, 0.25) is 0 Å². The van der Waals surface area contributed by atoms with Crippen molar-refractivity contribution in [1.82, 2.24) is 21.7 Å². The van der Waals surface area contributed by atoms with Crippen LogP contribution in [0.1, 0.15) is 31.8 Å². The van der Waals surface area contributed by atoms with Gasteiger partial charge in [-0.15, -0.1) is 0 Å². The van der Waals surface area contributed by atoms with Crippen LogP contribution in [-0.2, 0) is 13.1 Å². The zero-order valence-corrected chi connectivity index (χ0v) is 21.3. The van der Waals surface area contributed by atoms with Crippen molar-refractivity contribution in [3.63, 3.8) is 0 Å². The molecule has 0 radical (unpaired) electrons. The Balaban J connectivity index is 1.26. The van der Waals surface area contributed by atoms with Gasteiger partial charge in [0.15, 0.2) is 0 Å². The van der Waals surface area contributed by atoms with E-state index >= 15 is 0 Å². The predicted molar refractivity (Wildman–Crippen MR) is 146 cm³/mol. The summed E-state index contributed by atoms with van der Waals surface area (Å²) in [6.07, 6.45) is 0. The van der Waals surface area contributed by atoms with Gasteiger partial charge in [-0.1, -0.05) is 48.5 Å². The molecule has 4 rings (SSSR count). The van der Waals surface area contributed by atoms with Crippen molar-refractivity contribution in [2.45, 2.75) is 13.1 Å². The number of hydrogen-bond acceptors (Lipinski definition) is 6. The maximum atomic E-state index is 12.5. The molecular weight excluding hydrogens is 480 g/mol. The first-order chi connectivity index (χ1) is 18.6. The van der Waals surface area contributed by atoms with E-state index in [-0.39, 0.29) is 11.8 Å². The van der Waals surface area contributed by atoms with E-state index in [1.54, 1.807) is 38.5 Å². The van der Waals surface area contributed by atoms with E-state index in [0.717, 1.165) is 33.8 Å². The summed E-state index contributed by atoms with van der Waals surface area (Å²) in [4.78, 5) is 25.0. The number of hydrogen-bond donors (Lipinski definition) is 4. The van der Waals surface area contributed by atoms with Crippen molar-refractivity contribution < 1.29 is 19.1 Å². The van der Waals surface area contributed by atoms with E-state index in [1.165, 1.54) is 0 Å². The van der Waals surface area contributed by atoms with Gasteiger partial charge < -0.3 is 9.47 Å². The van der Waals surface area contributed by atoms with Gasteiger partial charge in [-0.3, -0.25) is 20.4 Å². The number of benzene rings is 4. The molecule has 4 N–H and O–H groups in total. The maximum absolute atomic E-state index is 12.5. The molecule has 0 heterocycles. The zero-order valence-electron chi connectivity index (χ0n) is 21.3. The van der Waals surface area contributed by atoms with Crippen LogP contribution in [0.15, 0.2) is 97.1 Å². The Bertz CT molecular complexity index is 1260. The Hall–Kier alpha value is -4.66. The molecule has 0 saturated heterocycles. The summed E-state index contributed by atoms with van der Waals surface area (Å²) in [5.74, 6) is 1.07. The SMILES string of the molecule is COc1cccc(CNNC(=O)c2ccc(-c3ccc(C(=O)NNCc4cccc(OC)c4)cc3)cc2)c1. The second kappa shape index (κ2) is 13.0. The molecule has 0 aliphatic heterocycles. The highest BCUT2D eigenvalue weighted by Crippen LogP contribution is 2.20. The van der Waals surface area contributed by atoms with E-state index < -0.39 is 0 Å². The number of ether oxygens (including phenoxy) is 2. The van der Waals surface area contributed by atoms with Crippen molar-refractivity contribution in [2.75, 3.05) is 14.2 Å². The van der Waals surface area contributed by atoms with Crippen LogP contribution < -0.4 is 31.2 Å².